The van der Waals surface area contributed by atoms with Gasteiger partial charge in [0.25, 0.3) is 5.56 Å². The zero-order valence-electron chi connectivity index (χ0n) is 21.9. The first-order valence-corrected chi connectivity index (χ1v) is 12.9. The Balaban J connectivity index is 1.52. The summed E-state index contributed by atoms with van der Waals surface area (Å²) in [5.41, 5.74) is 3.77. The second-order valence-electron chi connectivity index (χ2n) is 9.35. The van der Waals surface area contributed by atoms with Crippen LogP contribution in [0, 0.1) is 0 Å². The molecule has 0 aliphatic carbocycles. The maximum atomic E-state index is 13.2. The van der Waals surface area contributed by atoms with E-state index in [1.165, 1.54) is 5.56 Å². The molecule has 0 aliphatic rings. The minimum atomic E-state index is -0.140. The zero-order valence-corrected chi connectivity index (χ0v) is 21.9. The Morgan fingerprint density at radius 1 is 1.05 bits per heavy atom. The number of tetrazole rings is 1. The van der Waals surface area contributed by atoms with Gasteiger partial charge in [-0.2, -0.15) is 0 Å². The van der Waals surface area contributed by atoms with Crippen molar-refractivity contribution >= 4 is 10.9 Å². The van der Waals surface area contributed by atoms with Crippen molar-refractivity contribution in [2.24, 2.45) is 0 Å². The number of methoxy groups -OCH3 is 1. The van der Waals surface area contributed by atoms with Crippen molar-refractivity contribution in [3.05, 3.63) is 106 Å². The highest BCUT2D eigenvalue weighted by Crippen LogP contribution is 2.27. The molecule has 5 rings (SSSR count). The summed E-state index contributed by atoms with van der Waals surface area (Å²) in [6, 6.07) is 19.8. The molecule has 0 spiro atoms. The fraction of sp³-hybridized carbons (Fsp3) is 0.310. The molecule has 38 heavy (non-hydrogen) atoms. The molecular weight excluding hydrogens is 480 g/mol. The second kappa shape index (κ2) is 11.4. The van der Waals surface area contributed by atoms with Crippen LogP contribution in [0.15, 0.2) is 76.1 Å². The molecule has 0 radical (unpaired) electrons. The van der Waals surface area contributed by atoms with Crippen molar-refractivity contribution in [2.45, 2.75) is 52.4 Å². The van der Waals surface area contributed by atoms with Crippen LogP contribution in [-0.2, 0) is 26.1 Å². The molecule has 1 N–H and O–H groups in total. The molecule has 5 aromatic rings. The van der Waals surface area contributed by atoms with Gasteiger partial charge in [0.05, 0.1) is 19.4 Å². The molecule has 0 unspecified atom stereocenters. The SMILES string of the molecule is CCc1ccc2[nH]c(=O)c(CN(Cc3ccc(OC)cc3)[C@H](CC)c3nnnn3Cc3ccco3)cc2c1. The van der Waals surface area contributed by atoms with Crippen LogP contribution in [0.5, 0.6) is 5.75 Å². The van der Waals surface area contributed by atoms with E-state index in [2.05, 4.69) is 51.4 Å². The highest BCUT2D eigenvalue weighted by Gasteiger charge is 2.26. The predicted molar refractivity (Wildman–Crippen MR) is 145 cm³/mol. The van der Waals surface area contributed by atoms with E-state index >= 15 is 0 Å². The predicted octanol–water partition coefficient (Wildman–Crippen LogP) is 4.88. The Bertz CT molecular complexity index is 1540. The first-order valence-electron chi connectivity index (χ1n) is 12.9. The Morgan fingerprint density at radius 3 is 2.58 bits per heavy atom. The number of nitrogens with one attached hydrogen (secondary N) is 1. The van der Waals surface area contributed by atoms with E-state index in [0.717, 1.165) is 46.6 Å². The van der Waals surface area contributed by atoms with Crippen LogP contribution < -0.4 is 10.3 Å². The molecule has 0 bridgehead atoms. The number of furan rings is 1. The standard InChI is InChI=1S/C29H32N6O3/c1-4-20-10-13-26-22(15-20)16-23(29(36)30-26)18-34(17-21-8-11-24(37-3)12-9-21)27(5-2)28-31-32-33-35(28)19-25-7-6-14-38-25/h6-16,27H,4-5,17-19H2,1-3H3,(H,30,36)/t27-/m1/s1. The Morgan fingerprint density at radius 2 is 1.87 bits per heavy atom. The van der Waals surface area contributed by atoms with Gasteiger partial charge in [0.2, 0.25) is 0 Å². The van der Waals surface area contributed by atoms with E-state index in [9.17, 15) is 4.79 Å². The molecular formula is C29H32N6O3. The number of pyridine rings is 1. The smallest absolute Gasteiger partial charge is 0.252 e. The molecule has 2 aromatic carbocycles. The average Bonchev–Trinajstić information content (AvgIpc) is 3.62. The summed E-state index contributed by atoms with van der Waals surface area (Å²) in [5, 5.41) is 13.7. The van der Waals surface area contributed by atoms with E-state index in [1.54, 1.807) is 18.1 Å². The lowest BCUT2D eigenvalue weighted by Crippen LogP contribution is -2.32. The summed E-state index contributed by atoms with van der Waals surface area (Å²) < 4.78 is 12.6. The summed E-state index contributed by atoms with van der Waals surface area (Å²) in [6.45, 7) is 5.69. The maximum Gasteiger partial charge on any atom is 0.252 e. The van der Waals surface area contributed by atoms with Gasteiger partial charge in [0.1, 0.15) is 18.1 Å². The minimum absolute atomic E-state index is 0.0912. The topological polar surface area (TPSA) is 102 Å². The number of rotatable bonds is 11. The molecule has 0 saturated carbocycles. The van der Waals surface area contributed by atoms with Gasteiger partial charge in [-0.1, -0.05) is 32.0 Å². The second-order valence-corrected chi connectivity index (χ2v) is 9.35. The van der Waals surface area contributed by atoms with E-state index < -0.39 is 0 Å². The highest BCUT2D eigenvalue weighted by molar-refractivity contribution is 5.79. The Hall–Kier alpha value is -4.24. The van der Waals surface area contributed by atoms with Gasteiger partial charge in [0, 0.05) is 24.2 Å². The van der Waals surface area contributed by atoms with Crippen LogP contribution in [0.2, 0.25) is 0 Å². The lowest BCUT2D eigenvalue weighted by atomic mass is 10.1. The van der Waals surface area contributed by atoms with E-state index in [-0.39, 0.29) is 11.6 Å². The third kappa shape index (κ3) is 5.52. The Kier molecular flexibility index (Phi) is 7.65. The van der Waals surface area contributed by atoms with Crippen molar-refractivity contribution in [3.63, 3.8) is 0 Å². The number of aromatic nitrogens is 5. The van der Waals surface area contributed by atoms with Gasteiger partial charge in [0.15, 0.2) is 5.82 Å². The number of benzene rings is 2. The fourth-order valence-corrected chi connectivity index (χ4v) is 4.82. The summed E-state index contributed by atoms with van der Waals surface area (Å²) >= 11 is 0. The summed E-state index contributed by atoms with van der Waals surface area (Å²) in [4.78, 5) is 18.5. The van der Waals surface area contributed by atoms with E-state index in [4.69, 9.17) is 9.15 Å². The third-order valence-electron chi connectivity index (χ3n) is 6.88. The number of aryl methyl sites for hydroxylation is 1. The minimum Gasteiger partial charge on any atom is -0.497 e. The van der Waals surface area contributed by atoms with Crippen molar-refractivity contribution in [1.29, 1.82) is 0 Å². The number of ether oxygens (including phenoxy) is 1. The summed E-state index contributed by atoms with van der Waals surface area (Å²) in [5.74, 6) is 2.29. The molecule has 196 valence electrons. The van der Waals surface area contributed by atoms with Gasteiger partial charge in [-0.3, -0.25) is 9.69 Å². The number of fused-ring (bicyclic) bond motifs is 1. The quantitative estimate of drug-likeness (QED) is 0.269. The Labute approximate surface area is 221 Å². The highest BCUT2D eigenvalue weighted by atomic mass is 16.5. The molecule has 3 heterocycles. The fourth-order valence-electron chi connectivity index (χ4n) is 4.82. The van der Waals surface area contributed by atoms with Crippen molar-refractivity contribution in [3.8, 4) is 5.75 Å². The number of hydrogen-bond acceptors (Lipinski definition) is 7. The van der Waals surface area contributed by atoms with Gasteiger partial charge < -0.3 is 14.1 Å². The molecule has 1 atom stereocenters. The van der Waals surface area contributed by atoms with Crippen LogP contribution in [0.3, 0.4) is 0 Å². The number of aromatic amines is 1. The van der Waals surface area contributed by atoms with Gasteiger partial charge in [-0.05, 0) is 82.2 Å². The zero-order chi connectivity index (χ0) is 26.5. The van der Waals surface area contributed by atoms with Gasteiger partial charge in [-0.25, -0.2) is 4.68 Å². The van der Waals surface area contributed by atoms with Crippen LogP contribution >= 0.6 is 0 Å². The monoisotopic (exact) mass is 512 g/mol. The molecule has 0 amide bonds. The average molecular weight is 513 g/mol. The van der Waals surface area contributed by atoms with E-state index in [1.807, 2.05) is 48.5 Å². The van der Waals surface area contributed by atoms with Crippen LogP contribution in [-0.4, -0.2) is 37.2 Å². The largest absolute Gasteiger partial charge is 0.497 e. The van der Waals surface area contributed by atoms with Gasteiger partial charge in [-0.15, -0.1) is 5.10 Å². The van der Waals surface area contributed by atoms with Crippen LogP contribution in [0.4, 0.5) is 0 Å². The first kappa shape index (κ1) is 25.4. The van der Waals surface area contributed by atoms with Crippen molar-refractivity contribution in [2.75, 3.05) is 7.11 Å². The maximum absolute atomic E-state index is 13.2. The summed E-state index contributed by atoms with van der Waals surface area (Å²) in [6.07, 6.45) is 3.33. The molecule has 9 heteroatoms. The molecule has 3 aromatic heterocycles. The van der Waals surface area contributed by atoms with Gasteiger partial charge >= 0.3 is 0 Å². The normalized spacial score (nSPS) is 12.3. The first-order chi connectivity index (χ1) is 18.6. The van der Waals surface area contributed by atoms with Crippen molar-refractivity contribution < 1.29 is 9.15 Å². The van der Waals surface area contributed by atoms with Crippen LogP contribution in [0.1, 0.15) is 54.6 Å². The number of nitrogens with zero attached hydrogens (tertiary/aromatic N) is 5. The number of hydrogen-bond donors (Lipinski definition) is 1. The van der Waals surface area contributed by atoms with Crippen LogP contribution in [0.25, 0.3) is 10.9 Å². The van der Waals surface area contributed by atoms with Crippen molar-refractivity contribution in [1.82, 2.24) is 30.1 Å². The molecule has 0 saturated heterocycles. The lowest BCUT2D eigenvalue weighted by molar-refractivity contribution is 0.161. The third-order valence-corrected chi connectivity index (χ3v) is 6.88. The van der Waals surface area contributed by atoms with E-state index in [0.29, 0.717) is 25.2 Å². The lowest BCUT2D eigenvalue weighted by Gasteiger charge is -2.30. The molecule has 9 nitrogen and oxygen atoms in total. The molecule has 0 aliphatic heterocycles. The molecule has 0 fully saturated rings. The number of H-pyrrole nitrogens is 1. The summed E-state index contributed by atoms with van der Waals surface area (Å²) in [7, 11) is 1.66.